The van der Waals surface area contributed by atoms with Crippen molar-refractivity contribution in [3.8, 4) is 0 Å². The molecule has 0 saturated heterocycles. The molecule has 0 aliphatic heterocycles. The maximum Gasteiger partial charge on any atom is 0.0568 e. The molecule has 1 aliphatic rings. The monoisotopic (exact) mass is 170 g/mol. The van der Waals surface area contributed by atoms with Gasteiger partial charge in [0.2, 0.25) is 0 Å². The molecule has 0 heterocycles. The average Bonchev–Trinajstić information content (AvgIpc) is 2.50. The highest BCUT2D eigenvalue weighted by Gasteiger charge is 2.37. The Bertz CT molecular complexity index is 123. The van der Waals surface area contributed by atoms with Crippen LogP contribution in [0.1, 0.15) is 58.8 Å². The number of hydrogen-bond acceptors (Lipinski definition) is 1. The Balaban J connectivity index is 2.47. The van der Waals surface area contributed by atoms with Crippen LogP contribution < -0.4 is 0 Å². The van der Waals surface area contributed by atoms with Crippen molar-refractivity contribution in [2.24, 2.45) is 5.41 Å². The molecule has 0 amide bonds. The van der Waals surface area contributed by atoms with Crippen LogP contribution in [0.15, 0.2) is 0 Å². The van der Waals surface area contributed by atoms with Crippen LogP contribution in [-0.4, -0.2) is 11.2 Å². The van der Waals surface area contributed by atoms with E-state index in [2.05, 4.69) is 6.92 Å². The molecule has 12 heavy (non-hydrogen) atoms. The van der Waals surface area contributed by atoms with Gasteiger partial charge in [-0.2, -0.15) is 0 Å². The average molecular weight is 170 g/mol. The van der Waals surface area contributed by atoms with Crippen molar-refractivity contribution in [3.05, 3.63) is 0 Å². The van der Waals surface area contributed by atoms with Crippen molar-refractivity contribution < 1.29 is 5.11 Å². The Morgan fingerprint density at radius 2 is 1.92 bits per heavy atom. The lowest BCUT2D eigenvalue weighted by Gasteiger charge is -2.32. The van der Waals surface area contributed by atoms with Crippen molar-refractivity contribution in [1.29, 1.82) is 0 Å². The molecule has 0 radical (unpaired) electrons. The number of aliphatic hydroxyl groups excluding tert-OH is 1. The van der Waals surface area contributed by atoms with E-state index >= 15 is 0 Å². The first kappa shape index (κ1) is 10.0. The summed E-state index contributed by atoms with van der Waals surface area (Å²) < 4.78 is 0. The van der Waals surface area contributed by atoms with E-state index in [1.54, 1.807) is 0 Å². The summed E-state index contributed by atoms with van der Waals surface area (Å²) in [6.45, 7) is 4.20. The first-order chi connectivity index (χ1) is 5.71. The largest absolute Gasteiger partial charge is 0.393 e. The molecule has 0 aromatic rings. The van der Waals surface area contributed by atoms with Gasteiger partial charge in [0.25, 0.3) is 0 Å². The highest BCUT2D eigenvalue weighted by atomic mass is 16.3. The van der Waals surface area contributed by atoms with E-state index in [1.165, 1.54) is 44.9 Å². The van der Waals surface area contributed by atoms with Crippen LogP contribution >= 0.6 is 0 Å². The zero-order valence-electron chi connectivity index (χ0n) is 8.47. The summed E-state index contributed by atoms with van der Waals surface area (Å²) in [4.78, 5) is 0. The molecule has 1 saturated carbocycles. The van der Waals surface area contributed by atoms with Gasteiger partial charge in [-0.3, -0.25) is 0 Å². The van der Waals surface area contributed by atoms with Crippen molar-refractivity contribution in [2.45, 2.75) is 64.9 Å². The molecule has 0 spiro atoms. The lowest BCUT2D eigenvalue weighted by atomic mass is 9.77. The summed E-state index contributed by atoms with van der Waals surface area (Å²) in [6, 6.07) is 0. The Hall–Kier alpha value is -0.0400. The number of rotatable bonds is 4. The van der Waals surface area contributed by atoms with Crippen molar-refractivity contribution in [3.63, 3.8) is 0 Å². The minimum absolute atomic E-state index is 0.0912. The van der Waals surface area contributed by atoms with Gasteiger partial charge in [-0.25, -0.2) is 0 Å². The minimum atomic E-state index is -0.0912. The van der Waals surface area contributed by atoms with Crippen LogP contribution in [0.2, 0.25) is 0 Å². The molecular formula is C11H22O. The van der Waals surface area contributed by atoms with E-state index in [9.17, 15) is 5.11 Å². The lowest BCUT2D eigenvalue weighted by molar-refractivity contribution is 0.0346. The SMILES string of the molecule is CCCCC1(C(C)O)CCCC1. The summed E-state index contributed by atoms with van der Waals surface area (Å²) in [5.74, 6) is 0. The second kappa shape index (κ2) is 4.27. The van der Waals surface area contributed by atoms with Crippen LogP contribution in [0.5, 0.6) is 0 Å². The number of aliphatic hydroxyl groups is 1. The minimum Gasteiger partial charge on any atom is -0.393 e. The summed E-state index contributed by atoms with van der Waals surface area (Å²) in [7, 11) is 0. The fourth-order valence-corrected chi connectivity index (χ4v) is 2.48. The van der Waals surface area contributed by atoms with Gasteiger partial charge in [0.1, 0.15) is 0 Å². The van der Waals surface area contributed by atoms with E-state index in [4.69, 9.17) is 0 Å². The highest BCUT2D eigenvalue weighted by Crippen LogP contribution is 2.44. The molecular weight excluding hydrogens is 148 g/mol. The van der Waals surface area contributed by atoms with Crippen LogP contribution in [0.25, 0.3) is 0 Å². The van der Waals surface area contributed by atoms with E-state index in [-0.39, 0.29) is 6.10 Å². The summed E-state index contributed by atoms with van der Waals surface area (Å²) in [5.41, 5.74) is 0.302. The van der Waals surface area contributed by atoms with Crippen molar-refractivity contribution in [1.82, 2.24) is 0 Å². The Labute approximate surface area is 76.2 Å². The molecule has 1 N–H and O–H groups in total. The molecule has 1 nitrogen and oxygen atoms in total. The molecule has 0 aromatic carbocycles. The topological polar surface area (TPSA) is 20.2 Å². The molecule has 72 valence electrons. The van der Waals surface area contributed by atoms with Crippen molar-refractivity contribution in [2.75, 3.05) is 0 Å². The predicted octanol–water partition coefficient (Wildman–Crippen LogP) is 3.12. The zero-order valence-corrected chi connectivity index (χ0v) is 8.47. The second-order valence-electron chi connectivity index (χ2n) is 4.35. The summed E-state index contributed by atoms with van der Waals surface area (Å²) >= 11 is 0. The van der Waals surface area contributed by atoms with Gasteiger partial charge >= 0.3 is 0 Å². The van der Waals surface area contributed by atoms with Crippen LogP contribution in [-0.2, 0) is 0 Å². The molecule has 1 atom stereocenters. The third kappa shape index (κ3) is 2.01. The van der Waals surface area contributed by atoms with Gasteiger partial charge in [-0.1, -0.05) is 32.6 Å². The van der Waals surface area contributed by atoms with Crippen LogP contribution in [0.3, 0.4) is 0 Å². The molecule has 1 fully saturated rings. The van der Waals surface area contributed by atoms with Gasteiger partial charge < -0.3 is 5.11 Å². The highest BCUT2D eigenvalue weighted by molar-refractivity contribution is 4.88. The van der Waals surface area contributed by atoms with E-state index in [1.807, 2.05) is 6.92 Å². The zero-order chi connectivity index (χ0) is 9.03. The molecule has 1 heteroatoms. The smallest absolute Gasteiger partial charge is 0.0568 e. The van der Waals surface area contributed by atoms with Crippen molar-refractivity contribution >= 4 is 0 Å². The standard InChI is InChI=1S/C11H22O/c1-3-4-7-11(10(2)12)8-5-6-9-11/h10,12H,3-9H2,1-2H3. The maximum atomic E-state index is 9.73. The van der Waals surface area contributed by atoms with Crippen LogP contribution in [0.4, 0.5) is 0 Å². The normalized spacial score (nSPS) is 24.2. The molecule has 1 aliphatic carbocycles. The number of unbranched alkanes of at least 4 members (excludes halogenated alkanes) is 1. The van der Waals surface area contributed by atoms with E-state index < -0.39 is 0 Å². The Morgan fingerprint density at radius 3 is 2.33 bits per heavy atom. The Kier molecular flexibility index (Phi) is 3.57. The van der Waals surface area contributed by atoms with E-state index in [0.717, 1.165) is 0 Å². The molecule has 1 rings (SSSR count). The van der Waals surface area contributed by atoms with Gasteiger partial charge in [0.15, 0.2) is 0 Å². The fourth-order valence-electron chi connectivity index (χ4n) is 2.48. The third-order valence-corrected chi connectivity index (χ3v) is 3.51. The second-order valence-corrected chi connectivity index (χ2v) is 4.35. The van der Waals surface area contributed by atoms with Gasteiger partial charge in [0, 0.05) is 0 Å². The molecule has 0 bridgehead atoms. The van der Waals surface area contributed by atoms with Gasteiger partial charge in [-0.15, -0.1) is 0 Å². The molecule has 1 unspecified atom stereocenters. The first-order valence-electron chi connectivity index (χ1n) is 5.39. The summed E-state index contributed by atoms with van der Waals surface area (Å²) in [6.07, 6.45) is 8.85. The first-order valence-corrected chi connectivity index (χ1v) is 5.39. The number of hydrogen-bond donors (Lipinski definition) is 1. The fraction of sp³-hybridized carbons (Fsp3) is 1.00. The molecule has 0 aromatic heterocycles. The summed E-state index contributed by atoms with van der Waals surface area (Å²) in [5, 5.41) is 9.73. The predicted molar refractivity (Wildman–Crippen MR) is 52.1 cm³/mol. The van der Waals surface area contributed by atoms with Gasteiger partial charge in [-0.05, 0) is 31.6 Å². The Morgan fingerprint density at radius 1 is 1.33 bits per heavy atom. The van der Waals surface area contributed by atoms with Gasteiger partial charge in [0.05, 0.1) is 6.10 Å². The lowest BCUT2D eigenvalue weighted by Crippen LogP contribution is -2.29. The quantitative estimate of drug-likeness (QED) is 0.687. The third-order valence-electron chi connectivity index (χ3n) is 3.51. The van der Waals surface area contributed by atoms with E-state index in [0.29, 0.717) is 5.41 Å². The van der Waals surface area contributed by atoms with Crippen LogP contribution in [0, 0.1) is 5.41 Å². The maximum absolute atomic E-state index is 9.73.